The van der Waals surface area contributed by atoms with E-state index in [-0.39, 0.29) is 5.82 Å². The smallest absolute Gasteiger partial charge is 0.165 e. The summed E-state index contributed by atoms with van der Waals surface area (Å²) in [7, 11) is 0. The average Bonchev–Trinajstić information content (AvgIpc) is 2.47. The second-order valence-corrected chi connectivity index (χ2v) is 5.49. The molecule has 0 radical (unpaired) electrons. The Bertz CT molecular complexity index is 368. The highest BCUT2D eigenvalue weighted by molar-refractivity contribution is 6.17. The first kappa shape index (κ1) is 17.3. The Labute approximate surface area is 127 Å². The van der Waals surface area contributed by atoms with Crippen LogP contribution in [0, 0.1) is 5.82 Å². The van der Waals surface area contributed by atoms with Gasteiger partial charge in [-0.3, -0.25) is 0 Å². The summed E-state index contributed by atoms with van der Waals surface area (Å²) in [6.07, 6.45) is 10.0. The van der Waals surface area contributed by atoms with E-state index in [1.165, 1.54) is 44.6 Å². The van der Waals surface area contributed by atoms with Gasteiger partial charge in [0, 0.05) is 5.88 Å². The third-order valence-corrected chi connectivity index (χ3v) is 3.71. The Morgan fingerprint density at radius 3 is 2.25 bits per heavy atom. The van der Waals surface area contributed by atoms with Gasteiger partial charge in [0.15, 0.2) is 11.6 Å². The van der Waals surface area contributed by atoms with Gasteiger partial charge in [-0.1, -0.05) is 57.9 Å². The first-order valence-corrected chi connectivity index (χ1v) is 8.28. The number of ether oxygens (including phenoxy) is 1. The van der Waals surface area contributed by atoms with E-state index in [4.69, 9.17) is 16.3 Å². The van der Waals surface area contributed by atoms with Crippen molar-refractivity contribution in [3.8, 4) is 5.75 Å². The van der Waals surface area contributed by atoms with Crippen molar-refractivity contribution in [3.63, 3.8) is 0 Å². The molecule has 1 rings (SSSR count). The number of alkyl halides is 1. The summed E-state index contributed by atoms with van der Waals surface area (Å²) in [6, 6.07) is 4.91. The van der Waals surface area contributed by atoms with Crippen LogP contribution in [0.15, 0.2) is 18.2 Å². The minimum absolute atomic E-state index is 0.317. The molecule has 0 unspecified atom stereocenters. The summed E-state index contributed by atoms with van der Waals surface area (Å²) in [5, 5.41) is 0. The standard InChI is InChI=1S/C17H26ClFO/c1-2-3-4-5-6-7-8-9-12-20-17-11-10-15(14-18)13-16(17)19/h10-11,13H,2-9,12,14H2,1H3. The zero-order valence-electron chi connectivity index (χ0n) is 12.5. The summed E-state index contributed by atoms with van der Waals surface area (Å²) < 4.78 is 19.1. The molecule has 20 heavy (non-hydrogen) atoms. The number of benzene rings is 1. The molecule has 0 heterocycles. The van der Waals surface area contributed by atoms with Crippen LogP contribution in [0.3, 0.4) is 0 Å². The van der Waals surface area contributed by atoms with E-state index >= 15 is 0 Å². The van der Waals surface area contributed by atoms with Crippen LogP contribution in [0.4, 0.5) is 4.39 Å². The second kappa shape index (κ2) is 11.0. The summed E-state index contributed by atoms with van der Waals surface area (Å²) in [5.74, 6) is 0.347. The lowest BCUT2D eigenvalue weighted by atomic mass is 10.1. The maximum Gasteiger partial charge on any atom is 0.165 e. The second-order valence-electron chi connectivity index (χ2n) is 5.22. The van der Waals surface area contributed by atoms with Crippen molar-refractivity contribution in [3.05, 3.63) is 29.6 Å². The molecule has 0 atom stereocenters. The number of hydrogen-bond donors (Lipinski definition) is 0. The molecule has 114 valence electrons. The predicted octanol–water partition coefficient (Wildman–Crippen LogP) is 6.08. The quantitative estimate of drug-likeness (QED) is 0.355. The fourth-order valence-electron chi connectivity index (χ4n) is 2.16. The number of rotatable bonds is 11. The lowest BCUT2D eigenvalue weighted by molar-refractivity contribution is 0.290. The molecule has 1 aromatic rings. The monoisotopic (exact) mass is 300 g/mol. The molecule has 0 bridgehead atoms. The highest BCUT2D eigenvalue weighted by Crippen LogP contribution is 2.19. The van der Waals surface area contributed by atoms with Gasteiger partial charge in [0.2, 0.25) is 0 Å². The normalized spacial score (nSPS) is 10.8. The van der Waals surface area contributed by atoms with Crippen LogP contribution in [-0.4, -0.2) is 6.61 Å². The lowest BCUT2D eigenvalue weighted by Gasteiger charge is -2.08. The number of unbranched alkanes of at least 4 members (excludes halogenated alkanes) is 7. The van der Waals surface area contributed by atoms with Gasteiger partial charge in [-0.25, -0.2) is 4.39 Å². The molecular formula is C17H26ClFO. The van der Waals surface area contributed by atoms with Gasteiger partial charge in [0.05, 0.1) is 6.61 Å². The van der Waals surface area contributed by atoms with E-state index in [1.807, 2.05) is 0 Å². The van der Waals surface area contributed by atoms with Gasteiger partial charge in [-0.05, 0) is 24.1 Å². The van der Waals surface area contributed by atoms with Crippen molar-refractivity contribution in [2.75, 3.05) is 6.61 Å². The molecule has 0 amide bonds. The Kier molecular flexibility index (Phi) is 9.48. The summed E-state index contributed by atoms with van der Waals surface area (Å²) in [6.45, 7) is 2.82. The van der Waals surface area contributed by atoms with Crippen LogP contribution in [0.5, 0.6) is 5.75 Å². The average molecular weight is 301 g/mol. The van der Waals surface area contributed by atoms with E-state index < -0.39 is 0 Å². The predicted molar refractivity (Wildman–Crippen MR) is 84.1 cm³/mol. The van der Waals surface area contributed by atoms with Crippen LogP contribution in [0.1, 0.15) is 63.9 Å². The molecule has 3 heteroatoms. The molecule has 0 aliphatic carbocycles. The topological polar surface area (TPSA) is 9.23 Å². The van der Waals surface area contributed by atoms with Crippen LogP contribution in [-0.2, 0) is 5.88 Å². The fourth-order valence-corrected chi connectivity index (χ4v) is 2.33. The van der Waals surface area contributed by atoms with Gasteiger partial charge < -0.3 is 4.74 Å². The maximum atomic E-state index is 13.6. The van der Waals surface area contributed by atoms with E-state index in [2.05, 4.69) is 6.92 Å². The first-order valence-electron chi connectivity index (χ1n) is 7.75. The van der Waals surface area contributed by atoms with Gasteiger partial charge in [-0.2, -0.15) is 0 Å². The summed E-state index contributed by atoms with van der Waals surface area (Å²) in [5.41, 5.74) is 0.781. The van der Waals surface area contributed by atoms with E-state index in [1.54, 1.807) is 12.1 Å². The highest BCUT2D eigenvalue weighted by atomic mass is 35.5. The largest absolute Gasteiger partial charge is 0.491 e. The minimum atomic E-state index is -0.317. The molecule has 0 fully saturated rings. The van der Waals surface area contributed by atoms with Crippen molar-refractivity contribution in [2.24, 2.45) is 0 Å². The zero-order valence-corrected chi connectivity index (χ0v) is 13.2. The minimum Gasteiger partial charge on any atom is -0.491 e. The summed E-state index contributed by atoms with van der Waals surface area (Å²) >= 11 is 5.65. The summed E-state index contributed by atoms with van der Waals surface area (Å²) in [4.78, 5) is 0. The molecule has 0 spiro atoms. The number of hydrogen-bond acceptors (Lipinski definition) is 1. The SMILES string of the molecule is CCCCCCCCCCOc1ccc(CCl)cc1F. The van der Waals surface area contributed by atoms with Crippen molar-refractivity contribution < 1.29 is 9.13 Å². The van der Waals surface area contributed by atoms with Crippen LogP contribution in [0.25, 0.3) is 0 Å². The van der Waals surface area contributed by atoms with Crippen molar-refractivity contribution in [1.29, 1.82) is 0 Å². The van der Waals surface area contributed by atoms with Gasteiger partial charge in [0.1, 0.15) is 0 Å². The molecule has 0 aliphatic rings. The Balaban J connectivity index is 2.06. The van der Waals surface area contributed by atoms with E-state index in [0.717, 1.165) is 18.4 Å². The molecule has 1 nitrogen and oxygen atoms in total. The fraction of sp³-hybridized carbons (Fsp3) is 0.647. The zero-order chi connectivity index (χ0) is 14.6. The number of halogens is 2. The molecular weight excluding hydrogens is 275 g/mol. The molecule has 0 saturated heterocycles. The first-order chi connectivity index (χ1) is 9.77. The molecule has 0 aromatic heterocycles. The van der Waals surface area contributed by atoms with Crippen molar-refractivity contribution in [2.45, 2.75) is 64.2 Å². The third kappa shape index (κ3) is 7.14. The molecule has 0 saturated carbocycles. The maximum absolute atomic E-state index is 13.6. The molecule has 0 N–H and O–H groups in total. The van der Waals surface area contributed by atoms with E-state index in [0.29, 0.717) is 18.2 Å². The van der Waals surface area contributed by atoms with Crippen molar-refractivity contribution >= 4 is 11.6 Å². The Hall–Kier alpha value is -0.760. The van der Waals surface area contributed by atoms with Crippen LogP contribution in [0.2, 0.25) is 0 Å². The lowest BCUT2D eigenvalue weighted by Crippen LogP contribution is -1.99. The van der Waals surface area contributed by atoms with Gasteiger partial charge in [0.25, 0.3) is 0 Å². The highest BCUT2D eigenvalue weighted by Gasteiger charge is 2.04. The van der Waals surface area contributed by atoms with Gasteiger partial charge in [-0.15, -0.1) is 11.6 Å². The van der Waals surface area contributed by atoms with Crippen LogP contribution >= 0.6 is 11.6 Å². The van der Waals surface area contributed by atoms with Crippen molar-refractivity contribution in [1.82, 2.24) is 0 Å². The van der Waals surface area contributed by atoms with Crippen LogP contribution < -0.4 is 4.74 Å². The van der Waals surface area contributed by atoms with Gasteiger partial charge >= 0.3 is 0 Å². The van der Waals surface area contributed by atoms with E-state index in [9.17, 15) is 4.39 Å². The molecule has 1 aromatic carbocycles. The Morgan fingerprint density at radius 2 is 1.65 bits per heavy atom. The Morgan fingerprint density at radius 1 is 1.00 bits per heavy atom. The molecule has 0 aliphatic heterocycles. The third-order valence-electron chi connectivity index (χ3n) is 3.41.